The van der Waals surface area contributed by atoms with Gasteiger partial charge in [0, 0.05) is 47.8 Å². The van der Waals surface area contributed by atoms with Gasteiger partial charge in [-0.3, -0.25) is 14.4 Å². The van der Waals surface area contributed by atoms with E-state index < -0.39 is 24.6 Å². The van der Waals surface area contributed by atoms with Gasteiger partial charge in [-0.25, -0.2) is 8.78 Å². The molecule has 39 heavy (non-hydrogen) atoms. The first kappa shape index (κ1) is 30.3. The number of alkyl halides is 2. The van der Waals surface area contributed by atoms with Crippen molar-refractivity contribution in [1.82, 2.24) is 9.62 Å². The zero-order valence-corrected chi connectivity index (χ0v) is 23.4. The maximum absolute atomic E-state index is 15.2. The summed E-state index contributed by atoms with van der Waals surface area (Å²) >= 11 is 8.91. The van der Waals surface area contributed by atoms with E-state index in [2.05, 4.69) is 14.8 Å². The highest BCUT2D eigenvalue weighted by atomic mass is 35.5. The zero-order valence-electron chi connectivity index (χ0n) is 21.0. The average molecular weight is 608 g/mol. The molecule has 4 rings (SSSR count). The minimum absolute atomic E-state index is 0.134. The number of anilines is 1. The van der Waals surface area contributed by atoms with Gasteiger partial charge in [-0.1, -0.05) is 11.6 Å². The van der Waals surface area contributed by atoms with Crippen LogP contribution in [0.1, 0.15) is 25.7 Å². The lowest BCUT2D eigenvalue weighted by atomic mass is 10.1. The third-order valence-electron chi connectivity index (χ3n) is 6.38. The van der Waals surface area contributed by atoms with E-state index in [0.29, 0.717) is 49.7 Å². The Kier molecular flexibility index (Phi) is 11.5. The third kappa shape index (κ3) is 9.43. The van der Waals surface area contributed by atoms with Crippen LogP contribution >= 0.6 is 35.3 Å². The minimum atomic E-state index is -2.79. The Morgan fingerprint density at radius 3 is 2.59 bits per heavy atom. The van der Waals surface area contributed by atoms with E-state index in [9.17, 15) is 18.0 Å². The smallest absolute Gasteiger partial charge is 0.345 e. The van der Waals surface area contributed by atoms with Gasteiger partial charge in [0.15, 0.2) is 0 Å². The number of hydrogen-bond acceptors (Lipinski definition) is 7. The Morgan fingerprint density at radius 1 is 1.15 bits per heavy atom. The Bertz CT molecular complexity index is 1070. The van der Waals surface area contributed by atoms with Crippen molar-refractivity contribution in [1.29, 1.82) is 0 Å². The lowest BCUT2D eigenvalue weighted by Crippen LogP contribution is -2.53. The monoisotopic (exact) mass is 607 g/mol. The van der Waals surface area contributed by atoms with Gasteiger partial charge in [0.1, 0.15) is 17.7 Å². The van der Waals surface area contributed by atoms with E-state index in [1.54, 1.807) is 18.2 Å². The summed E-state index contributed by atoms with van der Waals surface area (Å²) in [6.07, 6.45) is 2.09. The Hall–Kier alpha value is -1.70. The highest BCUT2D eigenvalue weighted by Crippen LogP contribution is 2.32. The molecule has 2 aliphatic rings. The first-order chi connectivity index (χ1) is 18.8. The molecule has 1 amide bonds. The molecule has 0 saturated carbocycles. The number of ether oxygens (including phenoxy) is 2. The van der Waals surface area contributed by atoms with Crippen LogP contribution in [0.3, 0.4) is 0 Å². The Labute approximate surface area is 238 Å². The lowest BCUT2D eigenvalue weighted by molar-refractivity contribution is -0.195. The van der Waals surface area contributed by atoms with Crippen molar-refractivity contribution in [2.45, 2.75) is 60.3 Å². The second-order valence-electron chi connectivity index (χ2n) is 9.36. The maximum Gasteiger partial charge on any atom is 0.345 e. The molecule has 0 bridgehead atoms. The van der Waals surface area contributed by atoms with Crippen molar-refractivity contribution >= 4 is 46.9 Å². The molecule has 2 aliphatic heterocycles. The Balaban J connectivity index is 1.35. The van der Waals surface area contributed by atoms with E-state index in [1.165, 1.54) is 30.0 Å². The normalized spacial score (nSPS) is 19.1. The zero-order chi connectivity index (χ0) is 27.8. The highest BCUT2D eigenvalue weighted by Gasteiger charge is 2.30. The van der Waals surface area contributed by atoms with Gasteiger partial charge >= 0.3 is 6.61 Å². The number of carbonyl (C=O) groups is 1. The fourth-order valence-electron chi connectivity index (χ4n) is 4.27. The second-order valence-corrected chi connectivity index (χ2v) is 11.7. The number of likely N-dealkylation sites (tertiary alicyclic amines) is 1. The largest absolute Gasteiger partial charge is 0.378 e. The van der Waals surface area contributed by atoms with Crippen molar-refractivity contribution in [3.05, 3.63) is 53.1 Å². The van der Waals surface area contributed by atoms with Crippen LogP contribution in [0.2, 0.25) is 5.02 Å². The lowest BCUT2D eigenvalue weighted by Gasteiger charge is -2.39. The number of amides is 1. The van der Waals surface area contributed by atoms with Crippen molar-refractivity contribution in [3.63, 3.8) is 0 Å². The molecular formula is C26H30ClF4N3O3S2. The van der Waals surface area contributed by atoms with Crippen LogP contribution < -0.4 is 10.0 Å². The molecule has 2 N–H and O–H groups in total. The molecule has 0 spiro atoms. The molecule has 2 aromatic carbocycles. The summed E-state index contributed by atoms with van der Waals surface area (Å²) in [5, 5.41) is 3.35. The molecule has 6 nitrogen and oxygen atoms in total. The van der Waals surface area contributed by atoms with Crippen molar-refractivity contribution in [2.75, 3.05) is 37.3 Å². The van der Waals surface area contributed by atoms with Gasteiger partial charge in [0.05, 0.1) is 16.8 Å². The van der Waals surface area contributed by atoms with Gasteiger partial charge in [0.25, 0.3) is 5.91 Å². The molecular weight excluding hydrogens is 578 g/mol. The number of hydrogen-bond donors (Lipinski definition) is 2. The topological polar surface area (TPSA) is 62.8 Å². The number of benzene rings is 2. The van der Waals surface area contributed by atoms with Crippen LogP contribution in [-0.2, 0) is 14.3 Å². The SMILES string of the molecule is O=C(NSc1cc(F)c(NC(CCN2CC(OC(F)F)C2)CSc2ccc(F)cc2)c(Cl)c1)C1CCCCO1. The quantitative estimate of drug-likeness (QED) is 0.160. The fraction of sp³-hybridized carbons (Fsp3) is 0.500. The van der Waals surface area contributed by atoms with Crippen molar-refractivity contribution in [3.8, 4) is 0 Å². The number of nitrogens with zero attached hydrogens (tertiary/aromatic N) is 1. The molecule has 0 radical (unpaired) electrons. The summed E-state index contributed by atoms with van der Waals surface area (Å²) in [5.41, 5.74) is 0.134. The summed E-state index contributed by atoms with van der Waals surface area (Å²) in [6, 6.07) is 8.73. The van der Waals surface area contributed by atoms with Gasteiger partial charge in [-0.2, -0.15) is 8.78 Å². The summed E-state index contributed by atoms with van der Waals surface area (Å²) in [6.45, 7) is -0.847. The van der Waals surface area contributed by atoms with Crippen LogP contribution in [0.25, 0.3) is 0 Å². The van der Waals surface area contributed by atoms with Gasteiger partial charge in [-0.05, 0) is 74.0 Å². The van der Waals surface area contributed by atoms with Gasteiger partial charge in [0.2, 0.25) is 0 Å². The standard InChI is InChI=1S/C26H30ClF4N3O3S2/c27-21-11-20(39-33-25(35)23-3-1-2-10-36-23)12-22(29)24(21)32-17(15-38-19-6-4-16(28)5-7-19)8-9-34-13-18(14-34)37-26(30)31/h4-7,11-12,17-18,23,26,32H,1-3,8-10,13-15H2,(H,33,35). The second kappa shape index (κ2) is 14.8. The minimum Gasteiger partial charge on any atom is -0.378 e. The summed E-state index contributed by atoms with van der Waals surface area (Å²) in [4.78, 5) is 15.6. The van der Waals surface area contributed by atoms with E-state index in [0.717, 1.165) is 29.7 Å². The van der Waals surface area contributed by atoms with Gasteiger partial charge in [-0.15, -0.1) is 11.8 Å². The predicted octanol–water partition coefficient (Wildman–Crippen LogP) is 6.20. The molecule has 2 heterocycles. The molecule has 2 aromatic rings. The van der Waals surface area contributed by atoms with Crippen LogP contribution in [0.4, 0.5) is 23.2 Å². The molecule has 2 fully saturated rings. The fourth-order valence-corrected chi connectivity index (χ4v) is 6.26. The van der Waals surface area contributed by atoms with E-state index in [-0.39, 0.29) is 28.5 Å². The molecule has 13 heteroatoms. The number of thioether (sulfide) groups is 1. The Morgan fingerprint density at radius 2 is 1.92 bits per heavy atom. The molecule has 0 aromatic heterocycles. The molecule has 2 saturated heterocycles. The van der Waals surface area contributed by atoms with Crippen molar-refractivity contribution < 1.29 is 31.8 Å². The molecule has 2 atom stereocenters. The third-order valence-corrected chi connectivity index (χ3v) is 8.63. The number of halogens is 5. The summed E-state index contributed by atoms with van der Waals surface area (Å²) in [7, 11) is 0. The average Bonchev–Trinajstić information content (AvgIpc) is 2.89. The highest BCUT2D eigenvalue weighted by molar-refractivity contribution is 7.99. The first-order valence-corrected chi connectivity index (χ1v) is 14.8. The summed E-state index contributed by atoms with van der Waals surface area (Å²) < 4.78 is 65.9. The van der Waals surface area contributed by atoms with Crippen LogP contribution in [0, 0.1) is 11.6 Å². The summed E-state index contributed by atoms with van der Waals surface area (Å²) in [5.74, 6) is -0.635. The number of rotatable bonds is 13. The molecule has 0 aliphatic carbocycles. The number of carbonyl (C=O) groups excluding carboxylic acids is 1. The van der Waals surface area contributed by atoms with Crippen molar-refractivity contribution in [2.24, 2.45) is 0 Å². The van der Waals surface area contributed by atoms with E-state index >= 15 is 4.39 Å². The first-order valence-electron chi connectivity index (χ1n) is 12.6. The predicted molar refractivity (Wildman–Crippen MR) is 145 cm³/mol. The van der Waals surface area contributed by atoms with E-state index in [4.69, 9.17) is 16.3 Å². The maximum atomic E-state index is 15.2. The van der Waals surface area contributed by atoms with Gasteiger partial charge < -0.3 is 14.8 Å². The van der Waals surface area contributed by atoms with Crippen LogP contribution in [0.5, 0.6) is 0 Å². The molecule has 2 unspecified atom stereocenters. The van der Waals surface area contributed by atoms with Crippen LogP contribution in [-0.4, -0.2) is 67.7 Å². The number of nitrogens with one attached hydrogen (secondary N) is 2. The molecule has 214 valence electrons. The van der Waals surface area contributed by atoms with E-state index in [1.807, 2.05) is 4.90 Å². The van der Waals surface area contributed by atoms with Crippen LogP contribution in [0.15, 0.2) is 46.2 Å².